The number of rotatable bonds is 3. The average Bonchev–Trinajstić information content (AvgIpc) is 2.93. The Morgan fingerprint density at radius 3 is 2.43 bits per heavy atom. The molecule has 1 aromatic rings. The predicted molar refractivity (Wildman–Crippen MR) is 79.2 cm³/mol. The molecule has 2 saturated heterocycles. The van der Waals surface area contributed by atoms with Gasteiger partial charge >= 0.3 is 0 Å². The van der Waals surface area contributed by atoms with Gasteiger partial charge in [-0.1, -0.05) is 17.7 Å². The fourth-order valence-corrected chi connectivity index (χ4v) is 3.02. The number of likely N-dealkylation sites (tertiary alicyclic amines) is 1. The second-order valence-corrected chi connectivity index (χ2v) is 5.95. The summed E-state index contributed by atoms with van der Waals surface area (Å²) in [5.41, 5.74) is 2.05. The summed E-state index contributed by atoms with van der Waals surface area (Å²) in [6.07, 6.45) is 1.75. The van der Waals surface area contributed by atoms with Gasteiger partial charge < -0.3 is 19.7 Å². The minimum absolute atomic E-state index is 0.0676. The van der Waals surface area contributed by atoms with Gasteiger partial charge in [-0.3, -0.25) is 4.79 Å². The molecule has 1 amide bonds. The number of benzene rings is 1. The molecule has 1 spiro atoms. The van der Waals surface area contributed by atoms with Gasteiger partial charge in [0.05, 0.1) is 39.1 Å². The maximum absolute atomic E-state index is 12.1. The van der Waals surface area contributed by atoms with Gasteiger partial charge in [-0.2, -0.15) is 0 Å². The van der Waals surface area contributed by atoms with E-state index in [4.69, 9.17) is 9.47 Å². The minimum atomic E-state index is -0.350. The van der Waals surface area contributed by atoms with Crippen molar-refractivity contribution in [3.8, 4) is 0 Å². The summed E-state index contributed by atoms with van der Waals surface area (Å²) < 4.78 is 11.4. The molecule has 0 saturated carbocycles. The Labute approximate surface area is 125 Å². The molecule has 5 heteroatoms. The van der Waals surface area contributed by atoms with Crippen molar-refractivity contribution >= 4 is 11.6 Å². The highest BCUT2D eigenvalue weighted by Crippen LogP contribution is 2.27. The van der Waals surface area contributed by atoms with Gasteiger partial charge in [-0.15, -0.1) is 0 Å². The lowest BCUT2D eigenvalue weighted by Gasteiger charge is -2.34. The molecule has 0 aliphatic carbocycles. The molecule has 5 nitrogen and oxygen atoms in total. The first kappa shape index (κ1) is 14.5. The maximum atomic E-state index is 12.1. The summed E-state index contributed by atoms with van der Waals surface area (Å²) in [5.74, 6) is -0.283. The van der Waals surface area contributed by atoms with E-state index in [9.17, 15) is 4.79 Å². The topological polar surface area (TPSA) is 52.0 Å². The monoisotopic (exact) mass is 291 g/mol. The van der Waals surface area contributed by atoms with Crippen LogP contribution >= 0.6 is 0 Å². The molecular formula is C16H23N2O3+. The molecule has 0 bridgehead atoms. The van der Waals surface area contributed by atoms with E-state index in [0.29, 0.717) is 19.8 Å². The van der Waals surface area contributed by atoms with Crippen molar-refractivity contribution in [2.45, 2.75) is 25.6 Å². The predicted octanol–water partition coefficient (Wildman–Crippen LogP) is 0.355. The molecule has 2 heterocycles. The van der Waals surface area contributed by atoms with E-state index >= 15 is 0 Å². The van der Waals surface area contributed by atoms with Crippen LogP contribution in [0.2, 0.25) is 0 Å². The van der Waals surface area contributed by atoms with Crippen LogP contribution in [0.3, 0.4) is 0 Å². The van der Waals surface area contributed by atoms with Gasteiger partial charge in [-0.05, 0) is 19.1 Å². The molecule has 2 aliphatic heterocycles. The van der Waals surface area contributed by atoms with Gasteiger partial charge in [0, 0.05) is 5.69 Å². The summed E-state index contributed by atoms with van der Waals surface area (Å²) in [6, 6.07) is 7.88. The molecule has 21 heavy (non-hydrogen) atoms. The zero-order valence-corrected chi connectivity index (χ0v) is 12.5. The minimum Gasteiger partial charge on any atom is -0.347 e. The molecule has 2 aliphatic rings. The Kier molecular flexibility index (Phi) is 4.24. The van der Waals surface area contributed by atoms with Crippen LogP contribution in [0.15, 0.2) is 24.3 Å². The molecule has 1 aromatic carbocycles. The second kappa shape index (κ2) is 6.13. The van der Waals surface area contributed by atoms with Crippen molar-refractivity contribution in [2.75, 3.05) is 38.2 Å². The summed E-state index contributed by atoms with van der Waals surface area (Å²) in [5, 5.41) is 2.96. The molecule has 0 atom stereocenters. The number of nitrogens with one attached hydrogen (secondary N) is 2. The number of ether oxygens (including phenoxy) is 2. The first-order valence-corrected chi connectivity index (χ1v) is 7.63. The van der Waals surface area contributed by atoms with Crippen LogP contribution in [0.25, 0.3) is 0 Å². The molecule has 0 unspecified atom stereocenters. The van der Waals surface area contributed by atoms with Crippen LogP contribution in [0.4, 0.5) is 5.69 Å². The SMILES string of the molecule is Cc1ccc(NC(=O)C[NH+]2CCC3(CC2)OCCO3)cc1. The standard InChI is InChI=1S/C16H22N2O3/c1-13-2-4-14(5-3-13)17-15(19)12-18-8-6-16(7-9-18)20-10-11-21-16/h2-5H,6-12H2,1H3,(H,17,19)/p+1. The number of piperidine rings is 1. The molecule has 114 valence electrons. The van der Waals surface area contributed by atoms with E-state index in [1.807, 2.05) is 31.2 Å². The Hall–Kier alpha value is -1.43. The summed E-state index contributed by atoms with van der Waals surface area (Å²) in [4.78, 5) is 13.4. The maximum Gasteiger partial charge on any atom is 0.279 e. The number of hydrogen-bond donors (Lipinski definition) is 2. The normalized spacial score (nSPS) is 21.6. The Morgan fingerprint density at radius 1 is 1.19 bits per heavy atom. The van der Waals surface area contributed by atoms with Crippen LogP contribution in [0.5, 0.6) is 0 Å². The molecule has 0 aromatic heterocycles. The van der Waals surface area contributed by atoms with Crippen molar-refractivity contribution in [3.63, 3.8) is 0 Å². The number of quaternary nitrogens is 1. The van der Waals surface area contributed by atoms with Crippen molar-refractivity contribution in [3.05, 3.63) is 29.8 Å². The van der Waals surface area contributed by atoms with Crippen LogP contribution < -0.4 is 10.2 Å². The number of aryl methyl sites for hydroxylation is 1. The summed E-state index contributed by atoms with van der Waals surface area (Å²) in [7, 11) is 0. The third kappa shape index (κ3) is 3.61. The Bertz CT molecular complexity index is 485. The highest BCUT2D eigenvalue weighted by atomic mass is 16.7. The Morgan fingerprint density at radius 2 is 1.81 bits per heavy atom. The van der Waals surface area contributed by atoms with Gasteiger partial charge in [0.2, 0.25) is 0 Å². The van der Waals surface area contributed by atoms with E-state index in [-0.39, 0.29) is 11.7 Å². The van der Waals surface area contributed by atoms with Crippen molar-refractivity contribution in [2.24, 2.45) is 0 Å². The zero-order valence-electron chi connectivity index (χ0n) is 12.5. The van der Waals surface area contributed by atoms with Gasteiger partial charge in [0.1, 0.15) is 0 Å². The zero-order chi connectivity index (χ0) is 14.7. The lowest BCUT2D eigenvalue weighted by molar-refractivity contribution is -0.900. The van der Waals surface area contributed by atoms with Crippen molar-refractivity contribution < 1.29 is 19.2 Å². The van der Waals surface area contributed by atoms with E-state index in [1.165, 1.54) is 10.5 Å². The fourth-order valence-electron chi connectivity index (χ4n) is 3.02. The molecule has 0 radical (unpaired) electrons. The number of amides is 1. The van der Waals surface area contributed by atoms with Crippen molar-refractivity contribution in [1.82, 2.24) is 0 Å². The Balaban J connectivity index is 1.46. The first-order chi connectivity index (χ1) is 10.2. The molecule has 2 fully saturated rings. The van der Waals surface area contributed by atoms with E-state index in [1.54, 1.807) is 0 Å². The van der Waals surface area contributed by atoms with Crippen molar-refractivity contribution in [1.29, 1.82) is 0 Å². The van der Waals surface area contributed by atoms with E-state index in [2.05, 4.69) is 5.32 Å². The lowest BCUT2D eigenvalue weighted by atomic mass is 10.0. The van der Waals surface area contributed by atoms with E-state index in [0.717, 1.165) is 31.6 Å². The first-order valence-electron chi connectivity index (χ1n) is 7.63. The highest BCUT2D eigenvalue weighted by molar-refractivity contribution is 5.91. The highest BCUT2D eigenvalue weighted by Gasteiger charge is 2.41. The van der Waals surface area contributed by atoms with E-state index < -0.39 is 0 Å². The van der Waals surface area contributed by atoms with Gasteiger partial charge in [0.25, 0.3) is 5.91 Å². The second-order valence-electron chi connectivity index (χ2n) is 5.95. The van der Waals surface area contributed by atoms with Crippen LogP contribution in [0.1, 0.15) is 18.4 Å². The summed E-state index contributed by atoms with van der Waals surface area (Å²) in [6.45, 7) is 5.77. The van der Waals surface area contributed by atoms with Gasteiger partial charge in [0.15, 0.2) is 12.3 Å². The number of hydrogen-bond acceptors (Lipinski definition) is 3. The average molecular weight is 291 g/mol. The van der Waals surface area contributed by atoms with Gasteiger partial charge in [-0.25, -0.2) is 0 Å². The summed E-state index contributed by atoms with van der Waals surface area (Å²) >= 11 is 0. The van der Waals surface area contributed by atoms with Crippen LogP contribution in [-0.2, 0) is 14.3 Å². The third-order valence-electron chi connectivity index (χ3n) is 4.28. The fraction of sp³-hybridized carbons (Fsp3) is 0.562. The molecule has 3 rings (SSSR count). The number of carbonyl (C=O) groups excluding carboxylic acids is 1. The lowest BCUT2D eigenvalue weighted by Crippen LogP contribution is -3.14. The smallest absolute Gasteiger partial charge is 0.279 e. The number of carbonyl (C=O) groups is 1. The molecule has 2 N–H and O–H groups in total. The number of anilines is 1. The quantitative estimate of drug-likeness (QED) is 0.845. The largest absolute Gasteiger partial charge is 0.347 e. The molecular weight excluding hydrogens is 268 g/mol. The van der Waals surface area contributed by atoms with Crippen LogP contribution in [0, 0.1) is 6.92 Å². The van der Waals surface area contributed by atoms with Crippen LogP contribution in [-0.4, -0.2) is 44.5 Å². The third-order valence-corrected chi connectivity index (χ3v) is 4.28.